The molecule has 1 aliphatic heterocycles. The molecule has 0 bridgehead atoms. The molecule has 2 aromatic heterocycles. The number of rotatable bonds is 7. The van der Waals surface area contributed by atoms with Gasteiger partial charge in [-0.15, -0.1) is 0 Å². The van der Waals surface area contributed by atoms with Crippen molar-refractivity contribution in [2.45, 2.75) is 71.4 Å². The number of hydrogen-bond acceptors (Lipinski definition) is 4. The molecule has 1 atom stereocenters. The normalized spacial score (nSPS) is 15.6. The summed E-state index contributed by atoms with van der Waals surface area (Å²) in [5, 5.41) is 2.35. The smallest absolute Gasteiger partial charge is 0.217 e. The second kappa shape index (κ2) is 12.8. The zero-order valence-corrected chi connectivity index (χ0v) is 31.0. The summed E-state index contributed by atoms with van der Waals surface area (Å²) in [6.45, 7) is 15.2. The van der Waals surface area contributed by atoms with E-state index in [1.54, 1.807) is 0 Å². The molecule has 0 spiro atoms. The Bertz CT molecular complexity index is 2410. The summed E-state index contributed by atoms with van der Waals surface area (Å²) in [6, 6.07) is 44.7. The molecule has 0 N–H and O–H groups in total. The first-order chi connectivity index (χ1) is 24.9. The van der Waals surface area contributed by atoms with E-state index in [9.17, 15) is 0 Å². The van der Waals surface area contributed by atoms with Crippen molar-refractivity contribution in [3.63, 3.8) is 0 Å². The van der Waals surface area contributed by atoms with Gasteiger partial charge in [-0.25, -0.2) is 9.98 Å². The van der Waals surface area contributed by atoms with Crippen LogP contribution < -0.4 is 4.74 Å². The zero-order chi connectivity index (χ0) is 36.2. The van der Waals surface area contributed by atoms with Crippen LogP contribution in [0.1, 0.15) is 73.9 Å². The minimum absolute atomic E-state index is 0.00322. The van der Waals surface area contributed by atoms with Gasteiger partial charge in [0.1, 0.15) is 29.0 Å². The van der Waals surface area contributed by atoms with Gasteiger partial charge in [0.05, 0.1) is 11.0 Å². The summed E-state index contributed by atoms with van der Waals surface area (Å²) in [4.78, 5) is 10.2. The van der Waals surface area contributed by atoms with Gasteiger partial charge in [-0.2, -0.15) is 0 Å². The number of aryl methyl sites for hydroxylation is 2. The Hall–Kier alpha value is -5.68. The van der Waals surface area contributed by atoms with Crippen molar-refractivity contribution in [3.8, 4) is 17.3 Å². The van der Waals surface area contributed by atoms with Gasteiger partial charge in [-0.05, 0) is 110 Å². The van der Waals surface area contributed by atoms with Crippen LogP contribution in [0.4, 0.5) is 0 Å². The van der Waals surface area contributed by atoms with Crippen LogP contribution in [0.2, 0.25) is 0 Å². The summed E-state index contributed by atoms with van der Waals surface area (Å²) in [6.07, 6.45) is 1.91. The fourth-order valence-corrected chi connectivity index (χ4v) is 7.60. The molecule has 5 heteroatoms. The third kappa shape index (κ3) is 6.25. The number of fused-ring (bicyclic) bond motifs is 3. The third-order valence-electron chi connectivity index (χ3n) is 10.2. The molecule has 0 unspecified atom stereocenters. The fraction of sp³-hybridized carbons (Fsp3) is 0.234. The average Bonchev–Trinajstić information content (AvgIpc) is 3.61. The van der Waals surface area contributed by atoms with E-state index in [0.29, 0.717) is 5.90 Å². The van der Waals surface area contributed by atoms with Gasteiger partial charge in [0, 0.05) is 34.5 Å². The summed E-state index contributed by atoms with van der Waals surface area (Å²) >= 11 is 0. The fourth-order valence-electron chi connectivity index (χ4n) is 7.60. The lowest BCUT2D eigenvalue weighted by molar-refractivity contribution is 0.0916. The van der Waals surface area contributed by atoms with Gasteiger partial charge in [-0.3, -0.25) is 4.57 Å². The van der Waals surface area contributed by atoms with Crippen molar-refractivity contribution in [2.75, 3.05) is 0 Å². The van der Waals surface area contributed by atoms with Crippen molar-refractivity contribution in [3.05, 3.63) is 167 Å². The second-order valence-electron chi connectivity index (χ2n) is 15.7. The Labute approximate surface area is 306 Å². The number of pyridine rings is 1. The summed E-state index contributed by atoms with van der Waals surface area (Å²) in [5.74, 6) is 3.05. The SMILES string of the molecule is Cc1cc(Oc2ccc3c4cc(C)ccc4n(-c4cc(C(C)(C)C)ccn4)c3c2)cc(C2=N[C@H](C(c3ccccc3)c3ccccc3)C(C)(C)O2)c1. The molecule has 8 rings (SSSR count). The van der Waals surface area contributed by atoms with Gasteiger partial charge in [0.2, 0.25) is 5.90 Å². The Kier molecular flexibility index (Phi) is 8.25. The Morgan fingerprint density at radius 2 is 1.40 bits per heavy atom. The zero-order valence-electron chi connectivity index (χ0n) is 31.0. The Morgan fingerprint density at radius 1 is 0.692 bits per heavy atom. The van der Waals surface area contributed by atoms with Gasteiger partial charge in [-0.1, -0.05) is 93.1 Å². The van der Waals surface area contributed by atoms with E-state index in [1.165, 1.54) is 27.6 Å². The highest BCUT2D eigenvalue weighted by molar-refractivity contribution is 6.09. The van der Waals surface area contributed by atoms with E-state index in [-0.39, 0.29) is 17.4 Å². The molecule has 52 heavy (non-hydrogen) atoms. The number of hydrogen-bond donors (Lipinski definition) is 0. The largest absolute Gasteiger partial charge is 0.469 e. The van der Waals surface area contributed by atoms with E-state index in [4.69, 9.17) is 19.5 Å². The maximum Gasteiger partial charge on any atom is 0.217 e. The standard InChI is InChI=1S/C47H45N3O2/c1-30-18-21-40-39(26-30)38-20-19-36(29-41(38)50(40)42-28-35(22-23-48-42)46(3,4)5)51-37-25-31(2)24-34(27-37)45-49-44(47(6,7)52-45)43(32-14-10-8-11-15-32)33-16-12-9-13-17-33/h8-29,43-44H,1-7H3/t44-/m1/s1. The second-order valence-corrected chi connectivity index (χ2v) is 15.7. The van der Waals surface area contributed by atoms with Crippen molar-refractivity contribution in [2.24, 2.45) is 4.99 Å². The summed E-state index contributed by atoms with van der Waals surface area (Å²) in [7, 11) is 0. The predicted octanol–water partition coefficient (Wildman–Crippen LogP) is 11.6. The number of nitrogens with zero attached hydrogens (tertiary/aromatic N) is 3. The van der Waals surface area contributed by atoms with Crippen molar-refractivity contribution in [1.29, 1.82) is 0 Å². The monoisotopic (exact) mass is 683 g/mol. The molecule has 0 amide bonds. The van der Waals surface area contributed by atoms with E-state index >= 15 is 0 Å². The molecule has 5 aromatic carbocycles. The first-order valence-electron chi connectivity index (χ1n) is 18.1. The first-order valence-corrected chi connectivity index (χ1v) is 18.1. The summed E-state index contributed by atoms with van der Waals surface area (Å²) in [5.41, 5.74) is 8.49. The Balaban J connectivity index is 1.18. The van der Waals surface area contributed by atoms with Crippen LogP contribution in [0.5, 0.6) is 11.5 Å². The van der Waals surface area contributed by atoms with Gasteiger partial charge in [0.25, 0.3) is 0 Å². The maximum atomic E-state index is 6.71. The lowest BCUT2D eigenvalue weighted by Crippen LogP contribution is -2.38. The molecular formula is C47H45N3O2. The van der Waals surface area contributed by atoms with Crippen molar-refractivity contribution >= 4 is 27.7 Å². The Morgan fingerprint density at radius 3 is 2.10 bits per heavy atom. The van der Waals surface area contributed by atoms with Crippen LogP contribution in [0.3, 0.4) is 0 Å². The van der Waals surface area contributed by atoms with Crippen LogP contribution in [-0.2, 0) is 10.2 Å². The van der Waals surface area contributed by atoms with E-state index in [0.717, 1.165) is 44.9 Å². The van der Waals surface area contributed by atoms with Crippen molar-refractivity contribution in [1.82, 2.24) is 9.55 Å². The topological polar surface area (TPSA) is 48.6 Å². The molecule has 3 heterocycles. The molecule has 0 saturated heterocycles. The van der Waals surface area contributed by atoms with Crippen LogP contribution in [-0.4, -0.2) is 27.1 Å². The number of benzene rings is 5. The molecule has 0 fully saturated rings. The molecule has 7 aromatic rings. The molecule has 5 nitrogen and oxygen atoms in total. The van der Waals surface area contributed by atoms with E-state index < -0.39 is 5.60 Å². The minimum atomic E-state index is -0.536. The highest BCUT2D eigenvalue weighted by Crippen LogP contribution is 2.42. The molecule has 0 radical (unpaired) electrons. The number of aromatic nitrogens is 2. The number of ether oxygens (including phenoxy) is 2. The highest BCUT2D eigenvalue weighted by atomic mass is 16.5. The van der Waals surface area contributed by atoms with Crippen LogP contribution in [0.15, 0.2) is 139 Å². The minimum Gasteiger partial charge on any atom is -0.469 e. The van der Waals surface area contributed by atoms with Gasteiger partial charge >= 0.3 is 0 Å². The highest BCUT2D eigenvalue weighted by Gasteiger charge is 2.44. The molecule has 260 valence electrons. The first kappa shape index (κ1) is 33.5. The summed E-state index contributed by atoms with van der Waals surface area (Å²) < 4.78 is 15.6. The average molecular weight is 684 g/mol. The number of aliphatic imine (C=N–C) groups is 1. The van der Waals surface area contributed by atoms with Crippen LogP contribution in [0.25, 0.3) is 27.6 Å². The van der Waals surface area contributed by atoms with Crippen molar-refractivity contribution < 1.29 is 9.47 Å². The van der Waals surface area contributed by atoms with E-state index in [2.05, 4.69) is 174 Å². The molecule has 1 aliphatic rings. The van der Waals surface area contributed by atoms with Gasteiger partial charge in [0.15, 0.2) is 0 Å². The predicted molar refractivity (Wildman–Crippen MR) is 213 cm³/mol. The third-order valence-corrected chi connectivity index (χ3v) is 10.2. The van der Waals surface area contributed by atoms with Gasteiger partial charge < -0.3 is 9.47 Å². The molecular weight excluding hydrogens is 639 g/mol. The lowest BCUT2D eigenvalue weighted by atomic mass is 9.79. The van der Waals surface area contributed by atoms with Crippen LogP contribution in [0, 0.1) is 13.8 Å². The van der Waals surface area contributed by atoms with E-state index in [1.807, 2.05) is 12.3 Å². The maximum absolute atomic E-state index is 6.71. The molecule has 0 saturated carbocycles. The molecule has 0 aliphatic carbocycles. The lowest BCUT2D eigenvalue weighted by Gasteiger charge is -2.32. The van der Waals surface area contributed by atoms with Crippen LogP contribution >= 0.6 is 0 Å². The quantitative estimate of drug-likeness (QED) is 0.168.